The maximum Gasteiger partial charge on any atom is 0.301 e. The van der Waals surface area contributed by atoms with Gasteiger partial charge in [0.05, 0.1) is 4.92 Å². The fourth-order valence-electron chi connectivity index (χ4n) is 1.36. The molecule has 0 bridgehead atoms. The Hall–Kier alpha value is -2.22. The second kappa shape index (κ2) is 6.10. The van der Waals surface area contributed by atoms with Crippen LogP contribution in [0.3, 0.4) is 0 Å². The summed E-state index contributed by atoms with van der Waals surface area (Å²) in [5.41, 5.74) is -0.0368. The number of nitro groups is 1. The van der Waals surface area contributed by atoms with Crippen molar-refractivity contribution in [1.29, 1.82) is 0 Å². The zero-order chi connectivity index (χ0) is 13.7. The first-order valence-corrected chi connectivity index (χ1v) is 6.35. The molecule has 1 N–H and O–H groups in total. The van der Waals surface area contributed by atoms with Crippen molar-refractivity contribution in [2.24, 2.45) is 0 Å². The van der Waals surface area contributed by atoms with E-state index in [0.29, 0.717) is 22.4 Å². The van der Waals surface area contributed by atoms with E-state index in [1.54, 1.807) is 18.3 Å². The Labute approximate surface area is 113 Å². The van der Waals surface area contributed by atoms with Gasteiger partial charge in [0.15, 0.2) is 5.03 Å². The number of hydrogen-bond acceptors (Lipinski definition) is 7. The molecule has 0 aromatic carbocycles. The monoisotopic (exact) mass is 277 g/mol. The molecule has 98 valence electrons. The third-order valence-electron chi connectivity index (χ3n) is 2.15. The number of aromatic nitrogens is 3. The van der Waals surface area contributed by atoms with Gasteiger partial charge in [-0.1, -0.05) is 0 Å². The van der Waals surface area contributed by atoms with E-state index in [2.05, 4.69) is 20.3 Å². The van der Waals surface area contributed by atoms with Crippen molar-refractivity contribution >= 4 is 23.3 Å². The summed E-state index contributed by atoms with van der Waals surface area (Å²) in [6.07, 6.45) is 2.97. The van der Waals surface area contributed by atoms with E-state index in [1.807, 2.05) is 6.92 Å². The first-order valence-electron chi connectivity index (χ1n) is 5.54. The Morgan fingerprint density at radius 1 is 1.42 bits per heavy atom. The lowest BCUT2D eigenvalue weighted by Crippen LogP contribution is -2.01. The van der Waals surface area contributed by atoms with Gasteiger partial charge in [0.1, 0.15) is 17.2 Å². The van der Waals surface area contributed by atoms with Crippen LogP contribution in [0, 0.1) is 10.1 Å². The molecule has 0 fully saturated rings. The highest BCUT2D eigenvalue weighted by Gasteiger charge is 2.17. The highest BCUT2D eigenvalue weighted by Crippen LogP contribution is 2.32. The topological polar surface area (TPSA) is 93.8 Å². The highest BCUT2D eigenvalue weighted by molar-refractivity contribution is 7.99. The molecule has 0 spiro atoms. The van der Waals surface area contributed by atoms with Crippen LogP contribution < -0.4 is 5.32 Å². The normalized spacial score (nSPS) is 10.2. The minimum Gasteiger partial charge on any atom is -0.370 e. The summed E-state index contributed by atoms with van der Waals surface area (Å²) in [5.74, 6) is 0.602. The van der Waals surface area contributed by atoms with Crippen molar-refractivity contribution in [2.45, 2.75) is 17.0 Å². The first-order chi connectivity index (χ1) is 9.20. The van der Waals surface area contributed by atoms with E-state index in [-0.39, 0.29) is 5.69 Å². The molecule has 0 amide bonds. The van der Waals surface area contributed by atoms with E-state index in [4.69, 9.17) is 0 Å². The Balaban J connectivity index is 2.35. The fourth-order valence-corrected chi connectivity index (χ4v) is 2.18. The largest absolute Gasteiger partial charge is 0.370 e. The molecular formula is C11H11N5O2S. The van der Waals surface area contributed by atoms with E-state index in [1.165, 1.54) is 12.4 Å². The van der Waals surface area contributed by atoms with Crippen molar-refractivity contribution in [3.05, 3.63) is 40.8 Å². The Morgan fingerprint density at radius 3 is 2.89 bits per heavy atom. The molecule has 8 heteroatoms. The molecule has 0 unspecified atom stereocenters. The van der Waals surface area contributed by atoms with Crippen molar-refractivity contribution in [2.75, 3.05) is 11.9 Å². The van der Waals surface area contributed by atoms with Crippen LogP contribution in [0.2, 0.25) is 0 Å². The van der Waals surface area contributed by atoms with Crippen LogP contribution >= 0.6 is 11.8 Å². The van der Waals surface area contributed by atoms with Gasteiger partial charge in [0.2, 0.25) is 0 Å². The predicted octanol–water partition coefficient (Wildman–Crippen LogP) is 2.36. The Bertz CT molecular complexity index is 579. The summed E-state index contributed by atoms with van der Waals surface area (Å²) in [6, 6.07) is 4.70. The molecule has 2 rings (SSSR count). The van der Waals surface area contributed by atoms with Crippen LogP contribution in [0.15, 0.2) is 40.8 Å². The van der Waals surface area contributed by atoms with E-state index in [9.17, 15) is 10.1 Å². The average Bonchev–Trinajstić information content (AvgIpc) is 2.40. The number of nitrogens with one attached hydrogen (secondary N) is 1. The smallest absolute Gasteiger partial charge is 0.301 e. The van der Waals surface area contributed by atoms with Gasteiger partial charge in [0, 0.05) is 18.8 Å². The highest BCUT2D eigenvalue weighted by atomic mass is 32.2. The molecule has 0 aliphatic carbocycles. The second-order valence-electron chi connectivity index (χ2n) is 3.46. The number of nitrogens with zero attached hydrogens (tertiary/aromatic N) is 4. The SMILES string of the molecule is CCNc1ccc([N+](=O)[O-])c(Sc2ccncn2)n1. The van der Waals surface area contributed by atoms with Gasteiger partial charge < -0.3 is 5.32 Å². The van der Waals surface area contributed by atoms with Crippen molar-refractivity contribution in [1.82, 2.24) is 15.0 Å². The van der Waals surface area contributed by atoms with Crippen LogP contribution in [0.5, 0.6) is 0 Å². The average molecular weight is 277 g/mol. The molecular weight excluding hydrogens is 266 g/mol. The van der Waals surface area contributed by atoms with Crippen LogP contribution in [0.25, 0.3) is 0 Å². The van der Waals surface area contributed by atoms with E-state index < -0.39 is 4.92 Å². The van der Waals surface area contributed by atoms with Gasteiger partial charge in [-0.15, -0.1) is 0 Å². The molecule has 2 aromatic heterocycles. The molecule has 0 saturated heterocycles. The third-order valence-corrected chi connectivity index (χ3v) is 3.10. The lowest BCUT2D eigenvalue weighted by molar-refractivity contribution is -0.388. The third kappa shape index (κ3) is 3.38. The number of pyridine rings is 1. The predicted molar refractivity (Wildman–Crippen MR) is 71.2 cm³/mol. The summed E-state index contributed by atoms with van der Waals surface area (Å²) in [5, 5.41) is 14.9. The molecule has 0 saturated carbocycles. The van der Waals surface area contributed by atoms with Gasteiger partial charge >= 0.3 is 5.69 Å². The summed E-state index contributed by atoms with van der Waals surface area (Å²) < 4.78 is 0. The number of hydrogen-bond donors (Lipinski definition) is 1. The van der Waals surface area contributed by atoms with Gasteiger partial charge in [-0.25, -0.2) is 15.0 Å². The summed E-state index contributed by atoms with van der Waals surface area (Å²) >= 11 is 1.14. The standard InChI is InChI=1S/C11H11N5O2S/c1-2-13-9-4-3-8(16(17)18)11(15-9)19-10-5-6-12-7-14-10/h3-7H,2H2,1H3,(H,13,15). The van der Waals surface area contributed by atoms with E-state index >= 15 is 0 Å². The van der Waals surface area contributed by atoms with Crippen molar-refractivity contribution in [3.8, 4) is 0 Å². The fraction of sp³-hybridized carbons (Fsp3) is 0.182. The van der Waals surface area contributed by atoms with Crippen LogP contribution in [-0.4, -0.2) is 26.4 Å². The molecule has 2 aromatic rings. The zero-order valence-corrected chi connectivity index (χ0v) is 10.9. The van der Waals surface area contributed by atoms with Crippen LogP contribution in [0.1, 0.15) is 6.92 Å². The zero-order valence-electron chi connectivity index (χ0n) is 10.1. The molecule has 0 radical (unpaired) electrons. The first kappa shape index (κ1) is 13.2. The maximum absolute atomic E-state index is 11.0. The molecule has 0 aliphatic rings. The molecule has 7 nitrogen and oxygen atoms in total. The quantitative estimate of drug-likeness (QED) is 0.509. The van der Waals surface area contributed by atoms with E-state index in [0.717, 1.165) is 11.8 Å². The molecule has 2 heterocycles. The van der Waals surface area contributed by atoms with Crippen LogP contribution in [0.4, 0.5) is 11.5 Å². The van der Waals surface area contributed by atoms with Gasteiger partial charge in [0.25, 0.3) is 0 Å². The lowest BCUT2D eigenvalue weighted by Gasteiger charge is -2.05. The van der Waals surface area contributed by atoms with Crippen molar-refractivity contribution in [3.63, 3.8) is 0 Å². The van der Waals surface area contributed by atoms with Gasteiger partial charge in [-0.2, -0.15) is 0 Å². The Kier molecular flexibility index (Phi) is 4.24. The molecule has 19 heavy (non-hydrogen) atoms. The number of rotatable bonds is 5. The summed E-state index contributed by atoms with van der Waals surface area (Å²) in [6.45, 7) is 2.63. The Morgan fingerprint density at radius 2 is 2.26 bits per heavy atom. The molecule has 0 atom stereocenters. The molecule has 0 aliphatic heterocycles. The van der Waals surface area contributed by atoms with Crippen LogP contribution in [-0.2, 0) is 0 Å². The minimum absolute atomic E-state index is 0.0368. The van der Waals surface area contributed by atoms with Gasteiger partial charge in [-0.05, 0) is 30.8 Å². The summed E-state index contributed by atoms with van der Waals surface area (Å²) in [4.78, 5) is 22.6. The minimum atomic E-state index is -0.452. The summed E-state index contributed by atoms with van der Waals surface area (Å²) in [7, 11) is 0. The number of anilines is 1. The maximum atomic E-state index is 11.0. The van der Waals surface area contributed by atoms with Crippen molar-refractivity contribution < 1.29 is 4.92 Å². The second-order valence-corrected chi connectivity index (χ2v) is 4.47. The van der Waals surface area contributed by atoms with Gasteiger partial charge in [-0.3, -0.25) is 10.1 Å². The lowest BCUT2D eigenvalue weighted by atomic mass is 10.4.